The highest BCUT2D eigenvalue weighted by atomic mass is 16.2. The Labute approximate surface area is 49.5 Å². The number of amides is 1. The molecule has 0 unspecified atom stereocenters. The van der Waals surface area contributed by atoms with Crippen molar-refractivity contribution in [3.8, 4) is 12.3 Å². The maximum atomic E-state index is 10.4. The third-order valence-electron chi connectivity index (χ3n) is 0.866. The summed E-state index contributed by atoms with van der Waals surface area (Å²) in [4.78, 5) is 11.8. The van der Waals surface area contributed by atoms with Gasteiger partial charge in [0.05, 0.1) is 6.54 Å². The van der Waals surface area contributed by atoms with Crippen molar-refractivity contribution in [3.63, 3.8) is 0 Å². The van der Waals surface area contributed by atoms with Crippen LogP contribution in [0.2, 0.25) is 0 Å². The summed E-state index contributed by atoms with van der Waals surface area (Å²) in [5.74, 6) is 2.36. The molecule has 44 valence electrons. The van der Waals surface area contributed by atoms with Crippen LogP contribution in [-0.2, 0) is 4.79 Å². The van der Waals surface area contributed by atoms with E-state index in [9.17, 15) is 4.79 Å². The summed E-state index contributed by atoms with van der Waals surface area (Å²) in [6.45, 7) is 1.88. The topological polar surface area (TPSA) is 20.3 Å². The Morgan fingerprint density at radius 3 is 2.50 bits per heavy atom. The van der Waals surface area contributed by atoms with E-state index in [2.05, 4.69) is 5.92 Å². The van der Waals surface area contributed by atoms with Crippen molar-refractivity contribution in [2.75, 3.05) is 13.6 Å². The van der Waals surface area contributed by atoms with Crippen LogP contribution in [0.3, 0.4) is 0 Å². The molecule has 0 aromatic carbocycles. The number of rotatable bonds is 1. The van der Waals surface area contributed by atoms with Crippen molar-refractivity contribution < 1.29 is 4.79 Å². The number of terminal acetylenes is 1. The zero-order chi connectivity index (χ0) is 6.57. The third-order valence-corrected chi connectivity index (χ3v) is 0.866. The highest BCUT2D eigenvalue weighted by Gasteiger charge is 1.95. The molecule has 0 N–H and O–H groups in total. The lowest BCUT2D eigenvalue weighted by Crippen LogP contribution is -2.23. The summed E-state index contributed by atoms with van der Waals surface area (Å²) < 4.78 is 0. The SMILES string of the molecule is C#CCN(C)C(C)=O. The first kappa shape index (κ1) is 7.03. The van der Waals surface area contributed by atoms with E-state index in [4.69, 9.17) is 6.42 Å². The predicted octanol–water partition coefficient (Wildman–Crippen LogP) is 0.0979. The van der Waals surface area contributed by atoms with Crippen molar-refractivity contribution in [2.24, 2.45) is 0 Å². The van der Waals surface area contributed by atoms with Crippen molar-refractivity contribution in [1.82, 2.24) is 4.90 Å². The van der Waals surface area contributed by atoms with Gasteiger partial charge in [0.1, 0.15) is 0 Å². The largest absolute Gasteiger partial charge is 0.335 e. The van der Waals surface area contributed by atoms with Crippen LogP contribution in [-0.4, -0.2) is 24.4 Å². The molecule has 0 aliphatic rings. The fourth-order valence-corrected chi connectivity index (χ4v) is 0.248. The lowest BCUT2D eigenvalue weighted by atomic mass is 10.5. The Bertz CT molecular complexity index is 123. The monoisotopic (exact) mass is 111 g/mol. The van der Waals surface area contributed by atoms with Crippen molar-refractivity contribution >= 4 is 5.91 Å². The minimum atomic E-state index is 0.00273. The number of carbonyl (C=O) groups is 1. The second kappa shape index (κ2) is 3.09. The van der Waals surface area contributed by atoms with Crippen LogP contribution in [0.4, 0.5) is 0 Å². The van der Waals surface area contributed by atoms with E-state index in [-0.39, 0.29) is 5.91 Å². The molecule has 0 saturated carbocycles. The molecule has 2 heteroatoms. The fourth-order valence-electron chi connectivity index (χ4n) is 0.248. The lowest BCUT2D eigenvalue weighted by molar-refractivity contribution is -0.126. The normalized spacial score (nSPS) is 7.62. The van der Waals surface area contributed by atoms with Gasteiger partial charge in [-0.2, -0.15) is 0 Å². The van der Waals surface area contributed by atoms with Gasteiger partial charge in [0.2, 0.25) is 5.91 Å². The zero-order valence-electron chi connectivity index (χ0n) is 5.14. The van der Waals surface area contributed by atoms with Gasteiger partial charge < -0.3 is 4.90 Å². The van der Waals surface area contributed by atoms with E-state index in [0.717, 1.165) is 0 Å². The van der Waals surface area contributed by atoms with E-state index in [1.807, 2.05) is 0 Å². The average molecular weight is 111 g/mol. The Morgan fingerprint density at radius 1 is 1.88 bits per heavy atom. The molecule has 0 spiro atoms. The molecule has 0 heterocycles. The maximum absolute atomic E-state index is 10.4. The molecule has 0 aromatic rings. The predicted molar refractivity (Wildman–Crippen MR) is 32.1 cm³/mol. The van der Waals surface area contributed by atoms with Crippen LogP contribution >= 0.6 is 0 Å². The van der Waals surface area contributed by atoms with Gasteiger partial charge in [-0.05, 0) is 0 Å². The Kier molecular flexibility index (Phi) is 2.71. The van der Waals surface area contributed by atoms with Crippen LogP contribution in [0.5, 0.6) is 0 Å². The standard InChI is InChI=1S/C6H9NO/c1-4-5-7(3)6(2)8/h1H,5H2,2-3H3. The van der Waals surface area contributed by atoms with Gasteiger partial charge in [-0.1, -0.05) is 5.92 Å². The summed E-state index contributed by atoms with van der Waals surface area (Å²) >= 11 is 0. The molecule has 0 radical (unpaired) electrons. The first-order chi connectivity index (χ1) is 3.68. The van der Waals surface area contributed by atoms with Crippen molar-refractivity contribution in [3.05, 3.63) is 0 Å². The Hall–Kier alpha value is -0.970. The first-order valence-electron chi connectivity index (χ1n) is 2.33. The fraction of sp³-hybridized carbons (Fsp3) is 0.500. The molecule has 0 atom stereocenters. The molecule has 0 saturated heterocycles. The van der Waals surface area contributed by atoms with E-state index < -0.39 is 0 Å². The highest BCUT2D eigenvalue weighted by molar-refractivity contribution is 5.73. The van der Waals surface area contributed by atoms with Crippen LogP contribution in [0.25, 0.3) is 0 Å². The van der Waals surface area contributed by atoms with Crippen LogP contribution in [0.1, 0.15) is 6.92 Å². The van der Waals surface area contributed by atoms with Gasteiger partial charge in [0.25, 0.3) is 0 Å². The van der Waals surface area contributed by atoms with E-state index in [1.54, 1.807) is 7.05 Å². The van der Waals surface area contributed by atoms with E-state index >= 15 is 0 Å². The second-order valence-corrected chi connectivity index (χ2v) is 1.58. The molecule has 0 bridgehead atoms. The average Bonchev–Trinajstić information content (AvgIpc) is 1.67. The minimum Gasteiger partial charge on any atom is -0.335 e. The maximum Gasteiger partial charge on any atom is 0.219 e. The molecular formula is C6H9NO. The zero-order valence-corrected chi connectivity index (χ0v) is 5.14. The molecule has 2 nitrogen and oxygen atoms in total. The number of hydrogen-bond acceptors (Lipinski definition) is 1. The number of nitrogens with zero attached hydrogens (tertiary/aromatic N) is 1. The lowest BCUT2D eigenvalue weighted by Gasteiger charge is -2.08. The molecule has 0 rings (SSSR count). The highest BCUT2D eigenvalue weighted by Crippen LogP contribution is 1.78. The van der Waals surface area contributed by atoms with Crippen LogP contribution in [0, 0.1) is 12.3 Å². The first-order valence-corrected chi connectivity index (χ1v) is 2.33. The van der Waals surface area contributed by atoms with Gasteiger partial charge >= 0.3 is 0 Å². The Balaban J connectivity index is 3.52. The summed E-state index contributed by atoms with van der Waals surface area (Å²) in [6, 6.07) is 0. The van der Waals surface area contributed by atoms with E-state index in [0.29, 0.717) is 6.54 Å². The molecule has 0 aromatic heterocycles. The Morgan fingerprint density at radius 2 is 2.38 bits per heavy atom. The van der Waals surface area contributed by atoms with Crippen molar-refractivity contribution in [1.29, 1.82) is 0 Å². The number of carbonyl (C=O) groups excluding carboxylic acids is 1. The van der Waals surface area contributed by atoms with Crippen LogP contribution < -0.4 is 0 Å². The second-order valence-electron chi connectivity index (χ2n) is 1.58. The smallest absolute Gasteiger partial charge is 0.219 e. The van der Waals surface area contributed by atoms with Gasteiger partial charge in [0.15, 0.2) is 0 Å². The van der Waals surface area contributed by atoms with Gasteiger partial charge in [-0.3, -0.25) is 4.79 Å². The van der Waals surface area contributed by atoms with E-state index in [1.165, 1.54) is 11.8 Å². The molecule has 1 amide bonds. The molecule has 0 aliphatic heterocycles. The summed E-state index contributed by atoms with van der Waals surface area (Å²) in [7, 11) is 1.67. The number of hydrogen-bond donors (Lipinski definition) is 0. The molecule has 8 heavy (non-hydrogen) atoms. The summed E-state index contributed by atoms with van der Waals surface area (Å²) in [5.41, 5.74) is 0. The quantitative estimate of drug-likeness (QED) is 0.439. The van der Waals surface area contributed by atoms with Crippen molar-refractivity contribution in [2.45, 2.75) is 6.92 Å². The van der Waals surface area contributed by atoms with Gasteiger partial charge in [-0.15, -0.1) is 6.42 Å². The summed E-state index contributed by atoms with van der Waals surface area (Å²) in [6.07, 6.45) is 4.92. The van der Waals surface area contributed by atoms with Crippen LogP contribution in [0.15, 0.2) is 0 Å². The minimum absolute atomic E-state index is 0.00273. The third kappa shape index (κ3) is 2.25. The van der Waals surface area contributed by atoms with Gasteiger partial charge in [0, 0.05) is 14.0 Å². The molecule has 0 fully saturated rings. The van der Waals surface area contributed by atoms with Gasteiger partial charge in [-0.25, -0.2) is 0 Å². The molecule has 0 aliphatic carbocycles. The summed E-state index contributed by atoms with van der Waals surface area (Å²) in [5, 5.41) is 0. The molecular weight excluding hydrogens is 102 g/mol.